The largest absolute Gasteiger partial charge is 0.493 e. The second kappa shape index (κ2) is 7.16. The van der Waals surface area contributed by atoms with Crippen molar-refractivity contribution < 1.29 is 4.74 Å². The molecule has 1 unspecified atom stereocenters. The topological polar surface area (TPSA) is 21.3 Å². The molecular weight excluding hydrogens is 258 g/mol. The molecule has 0 bridgehead atoms. The molecule has 1 aromatic rings. The van der Waals surface area contributed by atoms with Crippen molar-refractivity contribution >= 4 is 11.6 Å². The van der Waals surface area contributed by atoms with Gasteiger partial charge in [0.2, 0.25) is 0 Å². The smallest absolute Gasteiger partial charge is 0.125 e. The molecule has 2 rings (SSSR count). The van der Waals surface area contributed by atoms with Crippen molar-refractivity contribution in [2.45, 2.75) is 52.0 Å². The summed E-state index contributed by atoms with van der Waals surface area (Å²) in [5.74, 6) is 1.09. The van der Waals surface area contributed by atoms with Crippen molar-refractivity contribution in [3.05, 3.63) is 28.3 Å². The standard InChI is InChI=1S/C16H24ClNO/c1-3-5-6-15(18-4-2)11-13-10-14(17)9-12-7-8-19-16(12)13/h9-10,15,18H,3-8,11H2,1-2H3. The van der Waals surface area contributed by atoms with Crippen LogP contribution < -0.4 is 10.1 Å². The Bertz CT molecular complexity index is 419. The quantitative estimate of drug-likeness (QED) is 0.816. The SMILES string of the molecule is CCCCC(Cc1cc(Cl)cc2c1OCC2)NCC. The van der Waals surface area contributed by atoms with E-state index in [0.29, 0.717) is 6.04 Å². The van der Waals surface area contributed by atoms with E-state index in [2.05, 4.69) is 25.2 Å². The summed E-state index contributed by atoms with van der Waals surface area (Å²) < 4.78 is 5.78. The number of rotatable bonds is 7. The molecule has 1 heterocycles. The lowest BCUT2D eigenvalue weighted by atomic mass is 9.98. The third-order valence-corrected chi connectivity index (χ3v) is 3.91. The summed E-state index contributed by atoms with van der Waals surface area (Å²) >= 11 is 6.22. The number of hydrogen-bond acceptors (Lipinski definition) is 2. The lowest BCUT2D eigenvalue weighted by Gasteiger charge is -2.19. The van der Waals surface area contributed by atoms with E-state index < -0.39 is 0 Å². The van der Waals surface area contributed by atoms with E-state index in [1.807, 2.05) is 6.07 Å². The number of unbranched alkanes of at least 4 members (excludes halogenated alkanes) is 1. The van der Waals surface area contributed by atoms with Crippen LogP contribution in [0.3, 0.4) is 0 Å². The van der Waals surface area contributed by atoms with Crippen LogP contribution in [0.4, 0.5) is 0 Å². The van der Waals surface area contributed by atoms with Crippen molar-refractivity contribution in [2.24, 2.45) is 0 Å². The Hall–Kier alpha value is -0.730. The molecule has 1 atom stereocenters. The van der Waals surface area contributed by atoms with Gasteiger partial charge in [0.05, 0.1) is 6.61 Å². The molecule has 1 N–H and O–H groups in total. The average Bonchev–Trinajstić information content (AvgIpc) is 2.84. The lowest BCUT2D eigenvalue weighted by molar-refractivity contribution is 0.350. The van der Waals surface area contributed by atoms with Gasteiger partial charge >= 0.3 is 0 Å². The van der Waals surface area contributed by atoms with Gasteiger partial charge in [-0.3, -0.25) is 0 Å². The first-order chi connectivity index (χ1) is 9.24. The third kappa shape index (κ3) is 3.87. The number of hydrogen-bond donors (Lipinski definition) is 1. The Kier molecular flexibility index (Phi) is 5.53. The molecule has 1 aliphatic rings. The van der Waals surface area contributed by atoms with Gasteiger partial charge in [0.25, 0.3) is 0 Å². The van der Waals surface area contributed by atoms with Crippen LogP contribution in [0.25, 0.3) is 0 Å². The first kappa shape index (κ1) is 14.7. The predicted octanol–water partition coefficient (Wildman–Crippen LogP) is 3.99. The maximum Gasteiger partial charge on any atom is 0.125 e. The Morgan fingerprint density at radius 3 is 2.95 bits per heavy atom. The van der Waals surface area contributed by atoms with E-state index >= 15 is 0 Å². The fourth-order valence-electron chi connectivity index (χ4n) is 2.78. The van der Waals surface area contributed by atoms with Crippen LogP contribution in [0.5, 0.6) is 5.75 Å². The molecule has 1 aromatic carbocycles. The number of benzene rings is 1. The molecule has 0 aromatic heterocycles. The van der Waals surface area contributed by atoms with Gasteiger partial charge < -0.3 is 10.1 Å². The van der Waals surface area contributed by atoms with Crippen LogP contribution >= 0.6 is 11.6 Å². The Morgan fingerprint density at radius 2 is 2.21 bits per heavy atom. The number of ether oxygens (including phenoxy) is 1. The van der Waals surface area contributed by atoms with Crippen LogP contribution in [0.1, 0.15) is 44.2 Å². The maximum absolute atomic E-state index is 6.22. The fourth-order valence-corrected chi connectivity index (χ4v) is 3.04. The number of likely N-dealkylation sites (N-methyl/N-ethyl adjacent to an activating group) is 1. The van der Waals surface area contributed by atoms with E-state index in [-0.39, 0.29) is 0 Å². The highest BCUT2D eigenvalue weighted by atomic mass is 35.5. The summed E-state index contributed by atoms with van der Waals surface area (Å²) in [6.07, 6.45) is 5.72. The summed E-state index contributed by atoms with van der Waals surface area (Å²) in [7, 11) is 0. The van der Waals surface area contributed by atoms with Gasteiger partial charge in [0, 0.05) is 17.5 Å². The normalized spacial score (nSPS) is 15.1. The van der Waals surface area contributed by atoms with Crippen LogP contribution in [0.15, 0.2) is 12.1 Å². The summed E-state index contributed by atoms with van der Waals surface area (Å²) in [6.45, 7) is 6.21. The summed E-state index contributed by atoms with van der Waals surface area (Å²) in [4.78, 5) is 0. The minimum absolute atomic E-state index is 0.525. The number of nitrogens with one attached hydrogen (secondary N) is 1. The van der Waals surface area contributed by atoms with E-state index in [0.717, 1.165) is 36.8 Å². The van der Waals surface area contributed by atoms with Gasteiger partial charge in [-0.25, -0.2) is 0 Å². The lowest BCUT2D eigenvalue weighted by Crippen LogP contribution is -2.31. The van der Waals surface area contributed by atoms with Crippen LogP contribution in [-0.4, -0.2) is 19.2 Å². The van der Waals surface area contributed by atoms with Gasteiger partial charge in [-0.05, 0) is 42.6 Å². The second-order valence-electron chi connectivity index (χ2n) is 5.25. The first-order valence-corrected chi connectivity index (χ1v) is 7.79. The minimum Gasteiger partial charge on any atom is -0.493 e. The molecule has 3 heteroatoms. The summed E-state index contributed by atoms with van der Waals surface area (Å²) in [5, 5.41) is 4.42. The Balaban J connectivity index is 2.12. The van der Waals surface area contributed by atoms with E-state index in [1.54, 1.807) is 0 Å². The molecule has 2 nitrogen and oxygen atoms in total. The van der Waals surface area contributed by atoms with Gasteiger partial charge in [-0.15, -0.1) is 0 Å². The fraction of sp³-hybridized carbons (Fsp3) is 0.625. The van der Waals surface area contributed by atoms with E-state index in [4.69, 9.17) is 16.3 Å². The van der Waals surface area contributed by atoms with Crippen LogP contribution in [0.2, 0.25) is 5.02 Å². The second-order valence-corrected chi connectivity index (χ2v) is 5.69. The molecule has 0 aliphatic carbocycles. The van der Waals surface area contributed by atoms with Crippen molar-refractivity contribution in [3.8, 4) is 5.75 Å². The molecule has 0 saturated heterocycles. The van der Waals surface area contributed by atoms with Gasteiger partial charge in [-0.1, -0.05) is 38.3 Å². The molecule has 106 valence electrons. The molecule has 0 radical (unpaired) electrons. The maximum atomic E-state index is 6.22. The highest BCUT2D eigenvalue weighted by Gasteiger charge is 2.19. The number of fused-ring (bicyclic) bond motifs is 1. The number of halogens is 1. The van der Waals surface area contributed by atoms with Crippen molar-refractivity contribution in [1.29, 1.82) is 0 Å². The highest BCUT2D eigenvalue weighted by molar-refractivity contribution is 6.30. The third-order valence-electron chi connectivity index (χ3n) is 3.69. The molecule has 0 saturated carbocycles. The van der Waals surface area contributed by atoms with E-state index in [9.17, 15) is 0 Å². The van der Waals surface area contributed by atoms with Crippen molar-refractivity contribution in [1.82, 2.24) is 5.32 Å². The molecule has 1 aliphatic heterocycles. The zero-order valence-electron chi connectivity index (χ0n) is 12.0. The summed E-state index contributed by atoms with van der Waals surface area (Å²) in [6, 6.07) is 4.64. The zero-order chi connectivity index (χ0) is 13.7. The minimum atomic E-state index is 0.525. The molecule has 0 spiro atoms. The van der Waals surface area contributed by atoms with Crippen molar-refractivity contribution in [2.75, 3.05) is 13.2 Å². The first-order valence-electron chi connectivity index (χ1n) is 7.42. The summed E-state index contributed by atoms with van der Waals surface area (Å²) in [5.41, 5.74) is 2.54. The predicted molar refractivity (Wildman–Crippen MR) is 81.3 cm³/mol. The van der Waals surface area contributed by atoms with Crippen molar-refractivity contribution in [3.63, 3.8) is 0 Å². The van der Waals surface area contributed by atoms with Gasteiger partial charge in [-0.2, -0.15) is 0 Å². The molecular formula is C16H24ClNO. The van der Waals surface area contributed by atoms with Crippen LogP contribution in [0, 0.1) is 0 Å². The zero-order valence-corrected chi connectivity index (χ0v) is 12.7. The van der Waals surface area contributed by atoms with Crippen LogP contribution in [-0.2, 0) is 12.8 Å². The van der Waals surface area contributed by atoms with E-state index in [1.165, 1.54) is 30.4 Å². The molecule has 19 heavy (non-hydrogen) atoms. The van der Waals surface area contributed by atoms with Gasteiger partial charge in [0.15, 0.2) is 0 Å². The molecule has 0 amide bonds. The monoisotopic (exact) mass is 281 g/mol. The molecule has 0 fully saturated rings. The van der Waals surface area contributed by atoms with Gasteiger partial charge in [0.1, 0.15) is 5.75 Å². The average molecular weight is 282 g/mol. The Morgan fingerprint density at radius 1 is 1.37 bits per heavy atom. The highest BCUT2D eigenvalue weighted by Crippen LogP contribution is 2.33. The Labute approximate surface area is 121 Å².